The molecule has 0 aliphatic carbocycles. The molecule has 3 aromatic rings. The van der Waals surface area contributed by atoms with Crippen LogP contribution in [-0.4, -0.2) is 24.2 Å². The van der Waals surface area contributed by atoms with E-state index in [0.29, 0.717) is 24.5 Å². The first-order valence-corrected chi connectivity index (χ1v) is 14.1. The van der Waals surface area contributed by atoms with Crippen molar-refractivity contribution >= 4 is 16.9 Å². The summed E-state index contributed by atoms with van der Waals surface area (Å²) in [6.45, 7) is 4.85. The van der Waals surface area contributed by atoms with E-state index in [1.807, 2.05) is 13.8 Å². The number of fused-ring (bicyclic) bond motifs is 1. The highest BCUT2D eigenvalue weighted by molar-refractivity contribution is 5.82. The molecule has 1 atom stereocenters. The third kappa shape index (κ3) is 9.38. The number of unbranched alkanes of at least 4 members (excludes halogenated alkanes) is 8. The molecule has 0 bridgehead atoms. The van der Waals surface area contributed by atoms with Crippen LogP contribution in [0.25, 0.3) is 22.1 Å². The minimum Gasteiger partial charge on any atom is -0.478 e. The Kier molecular flexibility index (Phi) is 12.0. The van der Waals surface area contributed by atoms with E-state index in [-0.39, 0.29) is 28.6 Å². The Bertz CT molecular complexity index is 1290. The van der Waals surface area contributed by atoms with Crippen LogP contribution >= 0.6 is 0 Å². The number of halogens is 3. The van der Waals surface area contributed by atoms with E-state index in [9.17, 15) is 22.8 Å². The number of rotatable bonds is 16. The van der Waals surface area contributed by atoms with Crippen molar-refractivity contribution in [3.63, 3.8) is 0 Å². The number of hydrogen-bond acceptors (Lipinski definition) is 6. The Balaban J connectivity index is 1.37. The molecule has 0 aliphatic rings. The van der Waals surface area contributed by atoms with E-state index in [0.717, 1.165) is 57.4 Å². The molecule has 0 radical (unpaired) electrons. The SMILES string of the molecule is CCC(C)C(=O)OCCCCCCCCCCCOc1cc2cc(-c3ccccc3C(F)(F)F)c(=O)oc2cn1. The number of hydrogen-bond donors (Lipinski definition) is 0. The van der Waals surface area contributed by atoms with Gasteiger partial charge in [-0.3, -0.25) is 4.79 Å². The molecule has 218 valence electrons. The van der Waals surface area contributed by atoms with Crippen molar-refractivity contribution < 1.29 is 31.9 Å². The van der Waals surface area contributed by atoms with Gasteiger partial charge in [-0.1, -0.05) is 77.0 Å². The molecule has 0 saturated heterocycles. The lowest BCUT2D eigenvalue weighted by Gasteiger charge is -2.12. The second-order valence-corrected chi connectivity index (χ2v) is 10.1. The summed E-state index contributed by atoms with van der Waals surface area (Å²) in [6, 6.07) is 7.89. The monoisotopic (exact) mass is 561 g/mol. The molecule has 0 N–H and O–H groups in total. The molecule has 0 aliphatic heterocycles. The number of aromatic nitrogens is 1. The molecule has 1 unspecified atom stereocenters. The summed E-state index contributed by atoms with van der Waals surface area (Å²) in [5.74, 6) is 0.201. The second kappa shape index (κ2) is 15.4. The van der Waals surface area contributed by atoms with Crippen molar-refractivity contribution in [1.82, 2.24) is 4.98 Å². The molecular formula is C31H38F3NO5. The van der Waals surface area contributed by atoms with Crippen LogP contribution in [0.3, 0.4) is 0 Å². The van der Waals surface area contributed by atoms with E-state index < -0.39 is 17.4 Å². The fourth-order valence-electron chi connectivity index (χ4n) is 4.34. The molecule has 0 amide bonds. The van der Waals surface area contributed by atoms with Crippen molar-refractivity contribution in [1.29, 1.82) is 0 Å². The molecule has 9 heteroatoms. The first-order chi connectivity index (χ1) is 19.2. The summed E-state index contributed by atoms with van der Waals surface area (Å²) in [6.07, 6.45) is 7.15. The van der Waals surface area contributed by atoms with Crippen molar-refractivity contribution in [2.75, 3.05) is 13.2 Å². The summed E-state index contributed by atoms with van der Waals surface area (Å²) < 4.78 is 56.7. The van der Waals surface area contributed by atoms with Gasteiger partial charge in [-0.2, -0.15) is 13.2 Å². The molecule has 40 heavy (non-hydrogen) atoms. The zero-order valence-electron chi connectivity index (χ0n) is 23.2. The van der Waals surface area contributed by atoms with Gasteiger partial charge in [0.2, 0.25) is 5.88 Å². The van der Waals surface area contributed by atoms with Gasteiger partial charge in [-0.25, -0.2) is 9.78 Å². The highest BCUT2D eigenvalue weighted by Gasteiger charge is 2.34. The van der Waals surface area contributed by atoms with Crippen molar-refractivity contribution in [2.45, 2.75) is 84.2 Å². The molecule has 3 rings (SSSR count). The number of pyridine rings is 1. The van der Waals surface area contributed by atoms with Crippen LogP contribution in [0.1, 0.15) is 83.6 Å². The third-order valence-electron chi connectivity index (χ3n) is 6.92. The van der Waals surface area contributed by atoms with E-state index in [4.69, 9.17) is 13.9 Å². The zero-order chi connectivity index (χ0) is 29.0. The maximum Gasteiger partial charge on any atom is 0.417 e. The molecule has 2 heterocycles. The lowest BCUT2D eigenvalue weighted by molar-refractivity contribution is -0.148. The third-order valence-corrected chi connectivity index (χ3v) is 6.92. The number of carbonyl (C=O) groups excluding carboxylic acids is 1. The van der Waals surface area contributed by atoms with E-state index in [1.165, 1.54) is 43.3 Å². The first-order valence-electron chi connectivity index (χ1n) is 14.1. The largest absolute Gasteiger partial charge is 0.478 e. The van der Waals surface area contributed by atoms with Crippen molar-refractivity contribution in [3.8, 4) is 17.0 Å². The van der Waals surface area contributed by atoms with Crippen LogP contribution in [-0.2, 0) is 15.7 Å². The maximum atomic E-state index is 13.5. The van der Waals surface area contributed by atoms with Gasteiger partial charge in [0.1, 0.15) is 0 Å². The van der Waals surface area contributed by atoms with Crippen LogP contribution < -0.4 is 10.4 Å². The Labute approximate surface area is 232 Å². The number of benzene rings is 1. The van der Waals surface area contributed by atoms with Crippen LogP contribution in [0.2, 0.25) is 0 Å². The van der Waals surface area contributed by atoms with E-state index >= 15 is 0 Å². The van der Waals surface area contributed by atoms with Gasteiger partial charge in [0.15, 0.2) is 5.58 Å². The smallest absolute Gasteiger partial charge is 0.417 e. The van der Waals surface area contributed by atoms with Crippen molar-refractivity contribution in [2.24, 2.45) is 5.92 Å². The Hall–Kier alpha value is -3.36. The highest BCUT2D eigenvalue weighted by Crippen LogP contribution is 2.36. The summed E-state index contributed by atoms with van der Waals surface area (Å²) in [5, 5.41) is 0.435. The van der Waals surface area contributed by atoms with Gasteiger partial charge in [0, 0.05) is 17.0 Å². The summed E-state index contributed by atoms with van der Waals surface area (Å²) in [5.41, 5.74) is -1.97. The zero-order valence-corrected chi connectivity index (χ0v) is 23.2. The molecule has 6 nitrogen and oxygen atoms in total. The van der Waals surface area contributed by atoms with Gasteiger partial charge in [-0.15, -0.1) is 0 Å². The van der Waals surface area contributed by atoms with E-state index in [1.54, 1.807) is 6.07 Å². The molecule has 2 aromatic heterocycles. The Morgan fingerprint density at radius 1 is 0.925 bits per heavy atom. The summed E-state index contributed by atoms with van der Waals surface area (Å²) in [4.78, 5) is 28.2. The normalized spacial score (nSPS) is 12.4. The van der Waals surface area contributed by atoms with Gasteiger partial charge < -0.3 is 13.9 Å². The second-order valence-electron chi connectivity index (χ2n) is 10.1. The number of esters is 1. The fraction of sp³-hybridized carbons (Fsp3) is 0.516. The predicted molar refractivity (Wildman–Crippen MR) is 148 cm³/mol. The molecular weight excluding hydrogens is 523 g/mol. The molecule has 0 fully saturated rings. The number of ether oxygens (including phenoxy) is 2. The van der Waals surface area contributed by atoms with Gasteiger partial charge in [-0.05, 0) is 31.4 Å². The predicted octanol–water partition coefficient (Wildman–Crippen LogP) is 8.35. The minimum atomic E-state index is -4.60. The average molecular weight is 562 g/mol. The van der Waals surface area contributed by atoms with Crippen LogP contribution in [0.15, 0.2) is 51.8 Å². The van der Waals surface area contributed by atoms with Gasteiger partial charge >= 0.3 is 17.8 Å². The van der Waals surface area contributed by atoms with Gasteiger partial charge in [0.25, 0.3) is 0 Å². The van der Waals surface area contributed by atoms with E-state index in [2.05, 4.69) is 4.98 Å². The lowest BCUT2D eigenvalue weighted by atomic mass is 10.00. The number of alkyl halides is 3. The van der Waals surface area contributed by atoms with Gasteiger partial charge in [0.05, 0.1) is 36.5 Å². The quantitative estimate of drug-likeness (QED) is 0.129. The first kappa shape index (κ1) is 31.2. The average Bonchev–Trinajstić information content (AvgIpc) is 2.94. The number of nitrogens with zero attached hydrogens (tertiary/aromatic N) is 1. The van der Waals surface area contributed by atoms with Crippen LogP contribution in [0.4, 0.5) is 13.2 Å². The van der Waals surface area contributed by atoms with Crippen LogP contribution in [0.5, 0.6) is 5.88 Å². The molecule has 1 aromatic carbocycles. The maximum absolute atomic E-state index is 13.5. The Morgan fingerprint density at radius 2 is 1.55 bits per heavy atom. The Morgan fingerprint density at radius 3 is 2.20 bits per heavy atom. The minimum absolute atomic E-state index is 0.0232. The fourth-order valence-corrected chi connectivity index (χ4v) is 4.34. The summed E-state index contributed by atoms with van der Waals surface area (Å²) >= 11 is 0. The topological polar surface area (TPSA) is 78.6 Å². The lowest BCUT2D eigenvalue weighted by Crippen LogP contribution is -2.14. The molecule has 0 saturated carbocycles. The van der Waals surface area contributed by atoms with Crippen LogP contribution in [0, 0.1) is 5.92 Å². The molecule has 0 spiro atoms. The van der Waals surface area contributed by atoms with Crippen molar-refractivity contribution in [3.05, 3.63) is 58.6 Å². The standard InChI is InChI=1S/C31H38F3NO5/c1-3-22(2)29(36)39-18-14-10-8-6-4-5-7-9-13-17-38-28-20-23-19-25(30(37)40-27(23)21-35-28)24-15-11-12-16-26(24)31(32,33)34/h11-12,15-16,19-22H,3-10,13-14,17-18H2,1-2H3. The number of carbonyl (C=O) groups is 1. The highest BCUT2D eigenvalue weighted by atomic mass is 19.4. The summed E-state index contributed by atoms with van der Waals surface area (Å²) in [7, 11) is 0.